The summed E-state index contributed by atoms with van der Waals surface area (Å²) >= 11 is 0. The minimum Gasteiger partial charge on any atom is -1.00 e. The van der Waals surface area contributed by atoms with Crippen LogP contribution in [0.3, 0.4) is 0 Å². The fourth-order valence-corrected chi connectivity index (χ4v) is 6.91. The van der Waals surface area contributed by atoms with Crippen molar-refractivity contribution in [2.75, 3.05) is 14.2 Å². The predicted molar refractivity (Wildman–Crippen MR) is 134 cm³/mol. The third-order valence-electron chi connectivity index (χ3n) is 5.63. The van der Waals surface area contributed by atoms with Crippen molar-refractivity contribution in [1.82, 2.24) is 13.9 Å². The second-order valence-electron chi connectivity index (χ2n) is 7.89. The van der Waals surface area contributed by atoms with Gasteiger partial charge in [0.2, 0.25) is 5.16 Å². The zero-order chi connectivity index (χ0) is 26.2. The minimum atomic E-state index is -4.38. The number of carbonyl (C=O) groups is 1. The van der Waals surface area contributed by atoms with E-state index in [1.54, 1.807) is 19.2 Å². The molecule has 0 radical (unpaired) electrons. The molecule has 2 aromatic heterocycles. The molecule has 4 rings (SSSR count). The maximum atomic E-state index is 13.8. The molecule has 4 aromatic rings. The summed E-state index contributed by atoms with van der Waals surface area (Å²) in [6.07, 6.45) is 1.60. The van der Waals surface area contributed by atoms with E-state index in [2.05, 4.69) is 9.97 Å². The third kappa shape index (κ3) is 5.43. The largest absolute Gasteiger partial charge is 1.00 e. The van der Waals surface area contributed by atoms with Crippen molar-refractivity contribution in [2.24, 2.45) is 0 Å². The first kappa shape index (κ1) is 28.8. The van der Waals surface area contributed by atoms with Crippen LogP contribution in [-0.2, 0) is 26.6 Å². The summed E-state index contributed by atoms with van der Waals surface area (Å²) in [5.41, 5.74) is 2.19. The van der Waals surface area contributed by atoms with Crippen LogP contribution in [0.4, 0.5) is 0 Å². The monoisotopic (exact) mass is 553 g/mol. The van der Waals surface area contributed by atoms with Gasteiger partial charge in [0.15, 0.2) is 0 Å². The number of nitrogens with zero attached hydrogens (tertiary/aromatic N) is 3. The average molecular weight is 554 g/mol. The standard InChI is InChI=1S/C24H23N3O7S2.Na.H/c1-14-12-25-20(15(2)22(14)34-4)13-35(30)24-26-19-11-17(33-3)8-9-21(19)27(24)36(31,32)18-7-5-6-16(10-18)23(28)29;;/h5-12H,13H2,1-4H3,(H,28,29);;/q;+1;-1. The Balaban J connectivity index is 0.00000253. The third-order valence-corrected chi connectivity index (χ3v) is 8.66. The zero-order valence-electron chi connectivity index (χ0n) is 21.9. The van der Waals surface area contributed by atoms with Gasteiger partial charge < -0.3 is 16.0 Å². The van der Waals surface area contributed by atoms with Crippen LogP contribution >= 0.6 is 0 Å². The van der Waals surface area contributed by atoms with Crippen LogP contribution in [0.15, 0.2) is 58.7 Å². The Morgan fingerprint density at radius 2 is 1.86 bits per heavy atom. The second-order valence-corrected chi connectivity index (χ2v) is 11.0. The van der Waals surface area contributed by atoms with Crippen molar-refractivity contribution >= 4 is 37.8 Å². The number of fused-ring (bicyclic) bond motifs is 1. The van der Waals surface area contributed by atoms with E-state index in [-0.39, 0.29) is 63.4 Å². The van der Waals surface area contributed by atoms with Crippen LogP contribution in [0.5, 0.6) is 11.5 Å². The summed E-state index contributed by atoms with van der Waals surface area (Å²) in [4.78, 5) is 19.9. The maximum Gasteiger partial charge on any atom is 1.00 e. The van der Waals surface area contributed by atoms with Crippen LogP contribution in [0, 0.1) is 13.8 Å². The van der Waals surface area contributed by atoms with Gasteiger partial charge in [-0.1, -0.05) is 6.07 Å². The number of hydrogen-bond acceptors (Lipinski definition) is 8. The Morgan fingerprint density at radius 3 is 2.51 bits per heavy atom. The molecular weight excluding hydrogens is 529 g/mol. The van der Waals surface area contributed by atoms with E-state index in [0.29, 0.717) is 22.8 Å². The molecule has 0 saturated heterocycles. The number of rotatable bonds is 8. The number of hydrogen-bond donors (Lipinski definition) is 1. The zero-order valence-corrected chi connectivity index (χ0v) is 24.5. The van der Waals surface area contributed by atoms with E-state index >= 15 is 0 Å². The number of benzene rings is 2. The smallest absolute Gasteiger partial charge is 1.00 e. The molecule has 0 spiro atoms. The molecule has 0 saturated carbocycles. The number of aromatic nitrogens is 3. The van der Waals surface area contributed by atoms with Crippen molar-refractivity contribution < 1.29 is 63.0 Å². The molecule has 0 bridgehead atoms. The first-order valence-electron chi connectivity index (χ1n) is 10.6. The van der Waals surface area contributed by atoms with E-state index in [9.17, 15) is 22.5 Å². The Labute approximate surface area is 239 Å². The van der Waals surface area contributed by atoms with Gasteiger partial charge in [-0.05, 0) is 44.2 Å². The van der Waals surface area contributed by atoms with Gasteiger partial charge in [0.05, 0.1) is 58.0 Å². The Hall–Kier alpha value is -2.77. The fourth-order valence-electron chi connectivity index (χ4n) is 3.82. The van der Waals surface area contributed by atoms with Crippen LogP contribution in [0.1, 0.15) is 28.6 Å². The first-order chi connectivity index (χ1) is 17.1. The molecular formula is C24H24N3NaO7S2. The molecule has 2 heterocycles. The Morgan fingerprint density at radius 1 is 1.14 bits per heavy atom. The van der Waals surface area contributed by atoms with Crippen LogP contribution in [0.25, 0.3) is 11.0 Å². The van der Waals surface area contributed by atoms with Gasteiger partial charge >= 0.3 is 35.5 Å². The Kier molecular flexibility index (Phi) is 8.81. The summed E-state index contributed by atoms with van der Waals surface area (Å²) in [6, 6.07) is 9.55. The van der Waals surface area contributed by atoms with E-state index in [0.717, 1.165) is 15.6 Å². The molecule has 1 atom stereocenters. The van der Waals surface area contributed by atoms with Gasteiger partial charge in [0, 0.05) is 23.4 Å². The first-order valence-corrected chi connectivity index (χ1v) is 13.4. The summed E-state index contributed by atoms with van der Waals surface area (Å²) in [5, 5.41) is 9.11. The van der Waals surface area contributed by atoms with Gasteiger partial charge in [-0.15, -0.1) is 0 Å². The molecule has 0 aliphatic rings. The molecule has 0 aliphatic heterocycles. The topological polar surface area (TPSA) is 138 Å². The number of ether oxygens (including phenoxy) is 2. The van der Waals surface area contributed by atoms with E-state index in [1.807, 2.05) is 6.92 Å². The number of aromatic carboxylic acids is 1. The molecule has 190 valence electrons. The van der Waals surface area contributed by atoms with Crippen LogP contribution in [0.2, 0.25) is 0 Å². The second kappa shape index (κ2) is 11.3. The summed E-state index contributed by atoms with van der Waals surface area (Å²) in [5.74, 6) is -0.344. The van der Waals surface area contributed by atoms with Crippen molar-refractivity contribution in [3.63, 3.8) is 0 Å². The predicted octanol–water partition coefficient (Wildman–Crippen LogP) is 0.425. The number of pyridine rings is 1. The maximum absolute atomic E-state index is 13.8. The van der Waals surface area contributed by atoms with Gasteiger partial charge in [-0.3, -0.25) is 9.19 Å². The molecule has 2 aromatic carbocycles. The summed E-state index contributed by atoms with van der Waals surface area (Å²) in [6.45, 7) is 3.62. The normalized spacial score (nSPS) is 12.1. The number of carboxylic acids is 1. The van der Waals surface area contributed by atoms with Crippen molar-refractivity contribution in [3.05, 3.63) is 71.0 Å². The van der Waals surface area contributed by atoms with Crippen molar-refractivity contribution in [1.29, 1.82) is 0 Å². The molecule has 10 nitrogen and oxygen atoms in total. The van der Waals surface area contributed by atoms with E-state index in [1.165, 1.54) is 44.6 Å². The number of aryl methyl sites for hydroxylation is 1. The SMILES string of the molecule is COc1ccc2c(c1)nc(S(=O)Cc1ncc(C)c(OC)c1C)n2S(=O)(=O)c1cccc(C(=O)O)c1.[H-].[Na+]. The molecule has 13 heteroatoms. The van der Waals surface area contributed by atoms with Crippen LogP contribution < -0.4 is 39.0 Å². The number of imidazole rings is 1. The Bertz CT molecular complexity index is 1640. The minimum absolute atomic E-state index is 0. The summed E-state index contributed by atoms with van der Waals surface area (Å²) in [7, 11) is -3.34. The number of methoxy groups -OCH3 is 2. The number of carboxylic acid groups (broad SMARTS) is 1. The average Bonchev–Trinajstić information content (AvgIpc) is 3.26. The molecule has 1 unspecified atom stereocenters. The molecule has 0 amide bonds. The molecule has 0 fully saturated rings. The van der Waals surface area contributed by atoms with Crippen molar-refractivity contribution in [3.8, 4) is 11.5 Å². The van der Waals surface area contributed by atoms with Gasteiger partial charge in [0.1, 0.15) is 11.5 Å². The molecule has 37 heavy (non-hydrogen) atoms. The van der Waals surface area contributed by atoms with Gasteiger partial charge in [-0.2, -0.15) is 0 Å². The van der Waals surface area contributed by atoms with Crippen LogP contribution in [-0.4, -0.2) is 51.9 Å². The van der Waals surface area contributed by atoms with Crippen molar-refractivity contribution in [2.45, 2.75) is 29.7 Å². The van der Waals surface area contributed by atoms with Gasteiger partial charge in [0.25, 0.3) is 10.0 Å². The quantitative estimate of drug-likeness (QED) is 0.308. The van der Waals surface area contributed by atoms with Gasteiger partial charge in [-0.25, -0.2) is 22.2 Å². The molecule has 0 aliphatic carbocycles. The molecule has 1 N–H and O–H groups in total. The van der Waals surface area contributed by atoms with E-state index in [4.69, 9.17) is 9.47 Å². The van der Waals surface area contributed by atoms with E-state index < -0.39 is 26.8 Å². The summed E-state index contributed by atoms with van der Waals surface area (Å²) < 4.78 is 52.7. The fraction of sp³-hybridized carbons (Fsp3) is 0.208.